The first kappa shape index (κ1) is 19.5. The maximum absolute atomic E-state index is 12.3. The molecule has 0 saturated carbocycles. The SMILES string of the molecule is C=CCOc1ccccc1CCC(=O)CCc1ccccc1OCC=C. The monoisotopic (exact) mass is 350 g/mol. The Morgan fingerprint density at radius 2 is 1.19 bits per heavy atom. The zero-order chi connectivity index (χ0) is 18.6. The van der Waals surface area contributed by atoms with Crippen molar-refractivity contribution in [1.82, 2.24) is 0 Å². The Kier molecular flexibility index (Phi) is 8.20. The van der Waals surface area contributed by atoms with Crippen molar-refractivity contribution in [2.75, 3.05) is 13.2 Å². The number of ether oxygens (including phenoxy) is 2. The van der Waals surface area contributed by atoms with Crippen LogP contribution in [0, 0.1) is 0 Å². The van der Waals surface area contributed by atoms with Gasteiger partial charge in [-0.15, -0.1) is 0 Å². The number of hydrogen-bond donors (Lipinski definition) is 0. The molecule has 0 atom stereocenters. The molecule has 2 rings (SSSR count). The highest BCUT2D eigenvalue weighted by Crippen LogP contribution is 2.22. The number of aryl methyl sites for hydroxylation is 2. The first-order valence-corrected chi connectivity index (χ1v) is 8.89. The van der Waals surface area contributed by atoms with E-state index < -0.39 is 0 Å². The van der Waals surface area contributed by atoms with Crippen molar-refractivity contribution in [3.63, 3.8) is 0 Å². The summed E-state index contributed by atoms with van der Waals surface area (Å²) in [6.07, 6.45) is 5.80. The maximum atomic E-state index is 12.3. The fourth-order valence-corrected chi connectivity index (χ4v) is 2.67. The lowest BCUT2D eigenvalue weighted by Crippen LogP contribution is -2.05. The molecule has 0 aliphatic rings. The third kappa shape index (κ3) is 6.25. The Balaban J connectivity index is 1.87. The minimum absolute atomic E-state index is 0.238. The molecular formula is C23H26O3. The fourth-order valence-electron chi connectivity index (χ4n) is 2.67. The highest BCUT2D eigenvalue weighted by atomic mass is 16.5. The number of hydrogen-bond acceptors (Lipinski definition) is 3. The lowest BCUT2D eigenvalue weighted by molar-refractivity contribution is -0.119. The van der Waals surface area contributed by atoms with E-state index in [4.69, 9.17) is 9.47 Å². The molecule has 3 nitrogen and oxygen atoms in total. The molecule has 2 aromatic carbocycles. The minimum atomic E-state index is 0.238. The summed E-state index contributed by atoms with van der Waals surface area (Å²) in [6.45, 7) is 8.26. The molecule has 3 heteroatoms. The summed E-state index contributed by atoms with van der Waals surface area (Å²) in [7, 11) is 0. The van der Waals surface area contributed by atoms with Crippen LogP contribution < -0.4 is 9.47 Å². The van der Waals surface area contributed by atoms with Gasteiger partial charge in [-0.05, 0) is 36.1 Å². The third-order valence-electron chi connectivity index (χ3n) is 4.00. The van der Waals surface area contributed by atoms with Crippen LogP contribution >= 0.6 is 0 Å². The van der Waals surface area contributed by atoms with Crippen molar-refractivity contribution in [3.05, 3.63) is 85.0 Å². The van der Waals surface area contributed by atoms with Crippen LogP contribution in [-0.4, -0.2) is 19.0 Å². The zero-order valence-electron chi connectivity index (χ0n) is 15.2. The predicted octanol–water partition coefficient (Wildman–Crippen LogP) is 4.95. The van der Waals surface area contributed by atoms with E-state index in [1.54, 1.807) is 12.2 Å². The normalized spacial score (nSPS) is 10.2. The van der Waals surface area contributed by atoms with Crippen molar-refractivity contribution in [2.24, 2.45) is 0 Å². The van der Waals surface area contributed by atoms with Gasteiger partial charge in [0.05, 0.1) is 0 Å². The van der Waals surface area contributed by atoms with Gasteiger partial charge in [-0.3, -0.25) is 4.79 Å². The Morgan fingerprint density at radius 3 is 1.62 bits per heavy atom. The molecule has 0 heterocycles. The lowest BCUT2D eigenvalue weighted by Gasteiger charge is -2.11. The van der Waals surface area contributed by atoms with E-state index in [1.807, 2.05) is 48.5 Å². The summed E-state index contributed by atoms with van der Waals surface area (Å²) < 4.78 is 11.3. The van der Waals surface area contributed by atoms with E-state index in [0.717, 1.165) is 22.6 Å². The van der Waals surface area contributed by atoms with Gasteiger partial charge in [-0.2, -0.15) is 0 Å². The molecule has 0 saturated heterocycles. The molecule has 26 heavy (non-hydrogen) atoms. The second-order valence-corrected chi connectivity index (χ2v) is 5.95. The molecule has 0 unspecified atom stereocenters. The van der Waals surface area contributed by atoms with Gasteiger partial charge < -0.3 is 9.47 Å². The Morgan fingerprint density at radius 1 is 0.769 bits per heavy atom. The molecule has 0 N–H and O–H groups in total. The zero-order valence-corrected chi connectivity index (χ0v) is 15.2. The maximum Gasteiger partial charge on any atom is 0.133 e. The van der Waals surface area contributed by atoms with Crippen molar-refractivity contribution in [3.8, 4) is 11.5 Å². The van der Waals surface area contributed by atoms with Gasteiger partial charge in [0.1, 0.15) is 30.5 Å². The van der Waals surface area contributed by atoms with Gasteiger partial charge in [0, 0.05) is 12.8 Å². The summed E-state index contributed by atoms with van der Waals surface area (Å²) >= 11 is 0. The molecule has 0 aromatic heterocycles. The van der Waals surface area contributed by atoms with Crippen molar-refractivity contribution in [1.29, 1.82) is 0 Å². The predicted molar refractivity (Wildman–Crippen MR) is 106 cm³/mol. The van der Waals surface area contributed by atoms with Crippen LogP contribution in [0.2, 0.25) is 0 Å². The van der Waals surface area contributed by atoms with E-state index >= 15 is 0 Å². The van der Waals surface area contributed by atoms with E-state index in [0.29, 0.717) is 38.9 Å². The number of Topliss-reactive ketones (excluding diaryl/α,β-unsaturated/α-hetero) is 1. The van der Waals surface area contributed by atoms with Crippen LogP contribution in [-0.2, 0) is 17.6 Å². The molecule has 0 aliphatic carbocycles. The van der Waals surface area contributed by atoms with Crippen LogP contribution in [0.25, 0.3) is 0 Å². The van der Waals surface area contributed by atoms with Gasteiger partial charge in [-0.1, -0.05) is 61.7 Å². The van der Waals surface area contributed by atoms with Crippen molar-refractivity contribution >= 4 is 5.78 Å². The highest BCUT2D eigenvalue weighted by molar-refractivity contribution is 5.79. The summed E-state index contributed by atoms with van der Waals surface area (Å²) in [6, 6.07) is 15.7. The number of carbonyl (C=O) groups excluding carboxylic acids is 1. The Labute approximate surface area is 156 Å². The average Bonchev–Trinajstić information content (AvgIpc) is 2.68. The Hall–Kier alpha value is -2.81. The van der Waals surface area contributed by atoms with Crippen LogP contribution in [0.5, 0.6) is 11.5 Å². The van der Waals surface area contributed by atoms with Gasteiger partial charge in [0.2, 0.25) is 0 Å². The van der Waals surface area contributed by atoms with Crippen LogP contribution in [0.15, 0.2) is 73.8 Å². The van der Waals surface area contributed by atoms with Crippen LogP contribution in [0.1, 0.15) is 24.0 Å². The minimum Gasteiger partial charge on any atom is -0.489 e. The summed E-state index contributed by atoms with van der Waals surface area (Å²) in [5.74, 6) is 1.88. The molecule has 0 spiro atoms. The number of rotatable bonds is 12. The molecule has 0 radical (unpaired) electrons. The first-order valence-electron chi connectivity index (χ1n) is 8.89. The number of carbonyl (C=O) groups is 1. The first-order chi connectivity index (χ1) is 12.7. The van der Waals surface area contributed by atoms with Crippen LogP contribution in [0.3, 0.4) is 0 Å². The summed E-state index contributed by atoms with van der Waals surface area (Å²) in [5, 5.41) is 0. The molecule has 0 aliphatic heterocycles. The lowest BCUT2D eigenvalue weighted by atomic mass is 10.0. The van der Waals surface area contributed by atoms with Gasteiger partial charge >= 0.3 is 0 Å². The quantitative estimate of drug-likeness (QED) is 0.508. The van der Waals surface area contributed by atoms with Gasteiger partial charge in [0.15, 0.2) is 0 Å². The second-order valence-electron chi connectivity index (χ2n) is 5.95. The number of benzene rings is 2. The Bertz CT molecular complexity index is 672. The standard InChI is InChI=1S/C23H26O3/c1-3-17-25-22-11-7-5-9-19(22)13-15-21(24)16-14-20-10-6-8-12-23(20)26-18-4-2/h3-12H,1-2,13-18H2. The van der Waals surface area contributed by atoms with Gasteiger partial charge in [-0.25, -0.2) is 0 Å². The molecule has 0 amide bonds. The largest absolute Gasteiger partial charge is 0.489 e. The highest BCUT2D eigenvalue weighted by Gasteiger charge is 2.09. The van der Waals surface area contributed by atoms with E-state index in [-0.39, 0.29) is 5.78 Å². The summed E-state index contributed by atoms with van der Waals surface area (Å²) in [5.41, 5.74) is 2.11. The van der Waals surface area contributed by atoms with E-state index in [2.05, 4.69) is 13.2 Å². The molecular weight excluding hydrogens is 324 g/mol. The van der Waals surface area contributed by atoms with Gasteiger partial charge in [0.25, 0.3) is 0 Å². The van der Waals surface area contributed by atoms with E-state index in [1.165, 1.54) is 0 Å². The number of ketones is 1. The van der Waals surface area contributed by atoms with Crippen molar-refractivity contribution in [2.45, 2.75) is 25.7 Å². The van der Waals surface area contributed by atoms with E-state index in [9.17, 15) is 4.79 Å². The molecule has 0 bridgehead atoms. The third-order valence-corrected chi connectivity index (χ3v) is 4.00. The average molecular weight is 350 g/mol. The smallest absolute Gasteiger partial charge is 0.133 e. The molecule has 0 fully saturated rings. The van der Waals surface area contributed by atoms with Crippen LogP contribution in [0.4, 0.5) is 0 Å². The topological polar surface area (TPSA) is 35.5 Å². The second kappa shape index (κ2) is 10.9. The van der Waals surface area contributed by atoms with Crippen molar-refractivity contribution < 1.29 is 14.3 Å². The number of para-hydroxylation sites is 2. The molecule has 2 aromatic rings. The molecule has 136 valence electrons. The fraction of sp³-hybridized carbons (Fsp3) is 0.261. The summed E-state index contributed by atoms with van der Waals surface area (Å²) in [4.78, 5) is 12.3.